The van der Waals surface area contributed by atoms with Crippen molar-refractivity contribution in [2.24, 2.45) is 17.2 Å². The van der Waals surface area contributed by atoms with E-state index in [0.717, 1.165) is 0 Å². The first-order valence-corrected chi connectivity index (χ1v) is 7.92. The maximum Gasteiger partial charge on any atom is 0.325 e. The van der Waals surface area contributed by atoms with Gasteiger partial charge in [0, 0.05) is 6.54 Å². The van der Waals surface area contributed by atoms with Gasteiger partial charge in [-0.15, -0.1) is 0 Å². The Morgan fingerprint density at radius 1 is 1.18 bits per heavy atom. The van der Waals surface area contributed by atoms with Crippen molar-refractivity contribution in [1.82, 2.24) is 0 Å². The molecule has 0 aliphatic rings. The van der Waals surface area contributed by atoms with Crippen LogP contribution in [-0.2, 0) is 19.5 Å². The highest BCUT2D eigenvalue weighted by Crippen LogP contribution is 2.18. The van der Waals surface area contributed by atoms with E-state index in [1.165, 1.54) is 10.8 Å². The Morgan fingerprint density at radius 2 is 1.71 bits per heavy atom. The Hall–Kier alpha value is -0.480. The van der Waals surface area contributed by atoms with E-state index in [2.05, 4.69) is 0 Å². The minimum Gasteiger partial charge on any atom is -0.480 e. The van der Waals surface area contributed by atoms with Crippen LogP contribution in [0.2, 0.25) is 0 Å². The van der Waals surface area contributed by atoms with Gasteiger partial charge in [-0.2, -0.15) is 0 Å². The first kappa shape index (κ1) is 16.5. The lowest BCUT2D eigenvalue weighted by Crippen LogP contribution is -2.39. The zero-order valence-electron chi connectivity index (χ0n) is 9.24. The quantitative estimate of drug-likeness (QED) is 0.241. The normalized spacial score (nSPS) is 16.2. The minimum atomic E-state index is -1.07. The Labute approximate surface area is 106 Å². The number of rotatable bonds is 9. The average molecular weight is 284 g/mol. The van der Waals surface area contributed by atoms with E-state index in [-0.39, 0.29) is 21.4 Å². The van der Waals surface area contributed by atoms with Gasteiger partial charge < -0.3 is 27.4 Å². The van der Waals surface area contributed by atoms with Crippen LogP contribution in [-0.4, -0.2) is 58.0 Å². The van der Waals surface area contributed by atoms with E-state index < -0.39 is 24.0 Å². The number of nitrogens with two attached hydrogens (primary N) is 3. The molecule has 0 aliphatic carbocycles. The second-order valence-corrected chi connectivity index (χ2v) is 7.58. The average Bonchev–Trinajstić information content (AvgIpc) is 2.25. The van der Waals surface area contributed by atoms with Crippen LogP contribution in [0.5, 0.6) is 0 Å². The van der Waals surface area contributed by atoms with Crippen molar-refractivity contribution in [1.29, 1.82) is 0 Å². The van der Waals surface area contributed by atoms with Crippen LogP contribution in [0.1, 0.15) is 0 Å². The first-order valence-electron chi connectivity index (χ1n) is 4.86. The summed E-state index contributed by atoms with van der Waals surface area (Å²) in [5, 5.41) is 17.3. The number of hydrogen-bond donors (Lipinski definition) is 5. The van der Waals surface area contributed by atoms with Crippen LogP contribution >= 0.6 is 10.8 Å². The van der Waals surface area contributed by atoms with E-state index in [1.807, 2.05) is 0 Å². The molecule has 0 spiro atoms. The number of carboxylic acids is 2. The molecule has 0 saturated heterocycles. The van der Waals surface area contributed by atoms with Crippen molar-refractivity contribution in [3.8, 4) is 0 Å². The van der Waals surface area contributed by atoms with Gasteiger partial charge in [0.25, 0.3) is 0 Å². The number of aliphatic carboxylic acids is 2. The molecule has 8 N–H and O–H groups in total. The Morgan fingerprint density at radius 3 is 2.12 bits per heavy atom. The maximum absolute atomic E-state index is 10.6. The van der Waals surface area contributed by atoms with E-state index in [0.29, 0.717) is 12.3 Å². The fraction of sp³-hybridized carbons (Fsp3) is 0.750. The van der Waals surface area contributed by atoms with Crippen molar-refractivity contribution in [2.45, 2.75) is 12.1 Å². The highest BCUT2D eigenvalue weighted by molar-refractivity contribution is 8.74. The second-order valence-electron chi connectivity index (χ2n) is 3.27. The first-order chi connectivity index (χ1) is 7.88. The molecule has 17 heavy (non-hydrogen) atoms. The zero-order chi connectivity index (χ0) is 13.4. The molecule has 0 rings (SSSR count). The molecule has 0 amide bonds. The Bertz CT molecular complexity index is 267. The second kappa shape index (κ2) is 8.59. The van der Waals surface area contributed by atoms with E-state index in [1.54, 1.807) is 0 Å². The van der Waals surface area contributed by atoms with E-state index in [9.17, 15) is 9.59 Å². The smallest absolute Gasteiger partial charge is 0.325 e. The molecule has 0 aromatic carbocycles. The van der Waals surface area contributed by atoms with Gasteiger partial charge in [0.05, 0.1) is 26.5 Å². The summed E-state index contributed by atoms with van der Waals surface area (Å²) >= 11 is 0. The molecule has 0 aromatic heterocycles. The molecule has 0 aromatic rings. The van der Waals surface area contributed by atoms with Crippen LogP contribution in [0.15, 0.2) is 0 Å². The number of carbonyl (C=O) groups is 2. The molecule has 0 saturated carbocycles. The van der Waals surface area contributed by atoms with Gasteiger partial charge in [0.15, 0.2) is 0 Å². The summed E-state index contributed by atoms with van der Waals surface area (Å²) in [6, 6.07) is -1.90. The lowest BCUT2D eigenvalue weighted by atomic mass is 10.4. The van der Waals surface area contributed by atoms with Gasteiger partial charge in [0.2, 0.25) is 0 Å². The van der Waals surface area contributed by atoms with Crippen molar-refractivity contribution in [3.63, 3.8) is 0 Å². The highest BCUT2D eigenvalue weighted by Gasteiger charge is 2.28. The monoisotopic (exact) mass is 284 g/mol. The fourth-order valence-corrected chi connectivity index (χ4v) is 4.89. The molecule has 0 radical (unpaired) electrons. The van der Waals surface area contributed by atoms with Gasteiger partial charge >= 0.3 is 11.9 Å². The Balaban J connectivity index is 4.14. The van der Waals surface area contributed by atoms with Crippen LogP contribution in [0.4, 0.5) is 0 Å². The summed E-state index contributed by atoms with van der Waals surface area (Å²) in [4.78, 5) is 21.1. The van der Waals surface area contributed by atoms with Gasteiger partial charge in [0.1, 0.15) is 23.6 Å². The van der Waals surface area contributed by atoms with Crippen LogP contribution < -0.4 is 17.2 Å². The fourth-order valence-electron chi connectivity index (χ4n) is 0.834. The molecule has 0 fully saturated rings. The molecular weight excluding hydrogens is 266 g/mol. The summed E-state index contributed by atoms with van der Waals surface area (Å²) in [6.45, 7) is 0.407. The van der Waals surface area contributed by atoms with E-state index in [4.69, 9.17) is 27.4 Å². The maximum atomic E-state index is 10.6. The molecule has 0 aliphatic heterocycles. The van der Waals surface area contributed by atoms with Gasteiger partial charge in [-0.1, -0.05) is 0 Å². The number of carboxylic acid groups (broad SMARTS) is 2. The Kier molecular flexibility index (Phi) is 8.35. The van der Waals surface area contributed by atoms with E-state index >= 15 is 0 Å². The standard InChI is InChI=1S/C8H17N3O4S2/c9-1-2-17(4-6(11)8(14)15)16-3-5(10)7(12)13/h5-6H,1-4,9-11H2,(H-,12,13,14,15)/p+1/t5-,6-,17?/m1/s1. The van der Waals surface area contributed by atoms with Crippen LogP contribution in [0, 0.1) is 0 Å². The highest BCUT2D eigenvalue weighted by atomic mass is 33.1. The molecule has 7 nitrogen and oxygen atoms in total. The van der Waals surface area contributed by atoms with Gasteiger partial charge in [-0.25, -0.2) is 0 Å². The molecule has 0 heterocycles. The molecule has 1 unspecified atom stereocenters. The molecule has 0 bridgehead atoms. The summed E-state index contributed by atoms with van der Waals surface area (Å²) in [5.74, 6) is -1.02. The summed E-state index contributed by atoms with van der Waals surface area (Å²) in [6.07, 6.45) is 0. The number of hydrogen-bond acceptors (Lipinski definition) is 6. The largest absolute Gasteiger partial charge is 0.480 e. The molecule has 9 heteroatoms. The lowest BCUT2D eigenvalue weighted by Gasteiger charge is -2.10. The predicted molar refractivity (Wildman–Crippen MR) is 69.8 cm³/mol. The third-order valence-corrected chi connectivity index (χ3v) is 6.33. The summed E-state index contributed by atoms with van der Waals surface area (Å²) in [5.41, 5.74) is 16.2. The summed E-state index contributed by atoms with van der Waals surface area (Å²) < 4.78 is 0. The minimum absolute atomic E-state index is 0.227. The molecule has 100 valence electrons. The van der Waals surface area contributed by atoms with Crippen molar-refractivity contribution < 1.29 is 19.8 Å². The zero-order valence-corrected chi connectivity index (χ0v) is 10.9. The van der Waals surface area contributed by atoms with Gasteiger partial charge in [-0.3, -0.25) is 9.59 Å². The van der Waals surface area contributed by atoms with Crippen LogP contribution in [0.3, 0.4) is 0 Å². The van der Waals surface area contributed by atoms with Crippen LogP contribution in [0.25, 0.3) is 0 Å². The van der Waals surface area contributed by atoms with Crippen molar-refractivity contribution in [3.05, 3.63) is 0 Å². The summed E-state index contributed by atoms with van der Waals surface area (Å²) in [7, 11) is 0.957. The SMILES string of the molecule is NCC[S+](C[C@@H](N)C(=O)O)SC[C@@H](N)C(=O)O. The van der Waals surface area contributed by atoms with Gasteiger partial charge in [-0.05, 0) is 0 Å². The topological polar surface area (TPSA) is 153 Å². The molecule has 3 atom stereocenters. The third-order valence-electron chi connectivity index (χ3n) is 1.76. The van der Waals surface area contributed by atoms with Crippen molar-refractivity contribution >= 4 is 32.7 Å². The lowest BCUT2D eigenvalue weighted by molar-refractivity contribution is -0.138. The third kappa shape index (κ3) is 7.45. The molecular formula is C8H18N3O4S2+. The predicted octanol–water partition coefficient (Wildman–Crippen LogP) is -1.96. The van der Waals surface area contributed by atoms with Crippen molar-refractivity contribution in [2.75, 3.05) is 23.8 Å².